The number of nitrogens with two attached hydrogens (primary N) is 1. The molecule has 1 rings (SSSR count). The predicted octanol–water partition coefficient (Wildman–Crippen LogP) is 1.82. The average molecular weight is 300 g/mol. The van der Waals surface area contributed by atoms with Crippen LogP contribution >= 0.6 is 0 Å². The minimum absolute atomic E-state index is 0.198. The largest absolute Gasteiger partial charge is 0.478 e. The summed E-state index contributed by atoms with van der Waals surface area (Å²) in [6.45, 7) is 5.45. The van der Waals surface area contributed by atoms with Gasteiger partial charge in [-0.15, -0.1) is 0 Å². The lowest BCUT2D eigenvalue weighted by Gasteiger charge is -2.25. The third kappa shape index (κ3) is 3.94. The maximum atomic E-state index is 12.4. The van der Waals surface area contributed by atoms with E-state index in [-0.39, 0.29) is 16.1 Å². The fourth-order valence-electron chi connectivity index (χ4n) is 2.03. The molecule has 0 saturated heterocycles. The Kier molecular flexibility index (Phi) is 4.77. The zero-order valence-electron chi connectivity index (χ0n) is 11.8. The minimum Gasteiger partial charge on any atom is -0.478 e. The van der Waals surface area contributed by atoms with E-state index in [2.05, 4.69) is 4.72 Å². The van der Waals surface area contributed by atoms with Gasteiger partial charge in [0.05, 0.1) is 10.5 Å². The fraction of sp³-hybridized carbons (Fsp3) is 0.462. The normalized spacial score (nSPS) is 12.3. The number of anilines is 1. The molecule has 0 aromatic heterocycles. The molecule has 20 heavy (non-hydrogen) atoms. The Morgan fingerprint density at radius 2 is 2.00 bits per heavy atom. The highest BCUT2D eigenvalue weighted by molar-refractivity contribution is 7.89. The van der Waals surface area contributed by atoms with Crippen LogP contribution in [-0.4, -0.2) is 25.0 Å². The summed E-state index contributed by atoms with van der Waals surface area (Å²) in [4.78, 5) is 10.8. The first-order chi connectivity index (χ1) is 9.09. The molecule has 112 valence electrons. The molecule has 0 amide bonds. The molecule has 7 heteroatoms. The van der Waals surface area contributed by atoms with E-state index >= 15 is 0 Å². The van der Waals surface area contributed by atoms with E-state index in [4.69, 9.17) is 10.8 Å². The van der Waals surface area contributed by atoms with E-state index in [0.717, 1.165) is 12.5 Å². The number of nitrogens with one attached hydrogen (secondary N) is 1. The van der Waals surface area contributed by atoms with Gasteiger partial charge in [0.1, 0.15) is 0 Å². The van der Waals surface area contributed by atoms with Crippen LogP contribution in [0.1, 0.15) is 44.0 Å². The molecule has 0 aliphatic heterocycles. The predicted molar refractivity (Wildman–Crippen MR) is 77.1 cm³/mol. The highest BCUT2D eigenvalue weighted by atomic mass is 32.2. The Labute approximate surface area is 119 Å². The van der Waals surface area contributed by atoms with Crippen LogP contribution in [0.4, 0.5) is 5.69 Å². The molecule has 6 nitrogen and oxygen atoms in total. The quantitative estimate of drug-likeness (QED) is 0.694. The van der Waals surface area contributed by atoms with Gasteiger partial charge in [-0.2, -0.15) is 0 Å². The second-order valence-electron chi connectivity index (χ2n) is 5.30. The molecule has 0 heterocycles. The summed E-state index contributed by atoms with van der Waals surface area (Å²) in [5.74, 6) is -1.31. The number of aromatic carboxylic acids is 1. The van der Waals surface area contributed by atoms with E-state index in [1.165, 1.54) is 12.1 Å². The molecule has 0 fully saturated rings. The first kappa shape index (κ1) is 16.5. The van der Waals surface area contributed by atoms with Crippen LogP contribution in [0, 0.1) is 0 Å². The van der Waals surface area contributed by atoms with Gasteiger partial charge < -0.3 is 10.8 Å². The zero-order chi connectivity index (χ0) is 15.6. The van der Waals surface area contributed by atoms with E-state index in [1.54, 1.807) is 13.8 Å². The van der Waals surface area contributed by atoms with Crippen LogP contribution < -0.4 is 10.5 Å². The average Bonchev–Trinajstić information content (AvgIpc) is 2.26. The summed E-state index contributed by atoms with van der Waals surface area (Å²) in [6, 6.07) is 3.71. The monoisotopic (exact) mass is 300 g/mol. The molecule has 0 atom stereocenters. The van der Waals surface area contributed by atoms with Crippen molar-refractivity contribution in [3.63, 3.8) is 0 Å². The second-order valence-corrected chi connectivity index (χ2v) is 6.95. The number of carbonyl (C=O) groups is 1. The SMILES string of the molecule is CCCC(C)(C)NS(=O)(=O)c1cc(N)ccc1C(=O)O. The lowest BCUT2D eigenvalue weighted by atomic mass is 10.0. The van der Waals surface area contributed by atoms with Crippen LogP contribution in [0.15, 0.2) is 23.1 Å². The lowest BCUT2D eigenvalue weighted by molar-refractivity contribution is 0.0692. The molecule has 4 N–H and O–H groups in total. The van der Waals surface area contributed by atoms with E-state index < -0.39 is 21.5 Å². The molecule has 0 radical (unpaired) electrons. The lowest BCUT2D eigenvalue weighted by Crippen LogP contribution is -2.43. The fourth-order valence-corrected chi connectivity index (χ4v) is 3.71. The van der Waals surface area contributed by atoms with E-state index in [9.17, 15) is 13.2 Å². The Morgan fingerprint density at radius 1 is 1.40 bits per heavy atom. The smallest absolute Gasteiger partial charge is 0.337 e. The van der Waals surface area contributed by atoms with Gasteiger partial charge >= 0.3 is 5.97 Å². The van der Waals surface area contributed by atoms with Gasteiger partial charge in [0.25, 0.3) is 0 Å². The van der Waals surface area contributed by atoms with Gasteiger partial charge in [-0.3, -0.25) is 0 Å². The summed E-state index contributed by atoms with van der Waals surface area (Å²) in [7, 11) is -3.95. The van der Waals surface area contributed by atoms with Gasteiger partial charge in [-0.1, -0.05) is 13.3 Å². The summed E-state index contributed by atoms with van der Waals surface area (Å²) in [5.41, 5.74) is 4.81. The van der Waals surface area contributed by atoms with E-state index in [1.807, 2.05) is 6.92 Å². The number of carboxylic acid groups (broad SMARTS) is 1. The van der Waals surface area contributed by atoms with Crippen molar-refractivity contribution in [2.45, 2.75) is 44.0 Å². The van der Waals surface area contributed by atoms with Gasteiger partial charge in [0.2, 0.25) is 10.0 Å². The molecule has 0 aliphatic rings. The van der Waals surface area contributed by atoms with Crippen LogP contribution in [0.25, 0.3) is 0 Å². The Balaban J connectivity index is 3.28. The van der Waals surface area contributed by atoms with Crippen LogP contribution in [0.5, 0.6) is 0 Å². The zero-order valence-corrected chi connectivity index (χ0v) is 12.6. The number of rotatable bonds is 6. The molecule has 0 unspecified atom stereocenters. The molecular weight excluding hydrogens is 280 g/mol. The van der Waals surface area contributed by atoms with Crippen LogP contribution in [-0.2, 0) is 10.0 Å². The minimum atomic E-state index is -3.95. The van der Waals surface area contributed by atoms with Crippen molar-refractivity contribution in [3.8, 4) is 0 Å². The molecule has 1 aromatic carbocycles. The van der Waals surface area contributed by atoms with Crippen molar-refractivity contribution in [1.29, 1.82) is 0 Å². The van der Waals surface area contributed by atoms with Crippen molar-refractivity contribution in [1.82, 2.24) is 4.72 Å². The van der Waals surface area contributed by atoms with Gasteiger partial charge in [0, 0.05) is 11.2 Å². The molecule has 0 bridgehead atoms. The van der Waals surface area contributed by atoms with Crippen molar-refractivity contribution in [3.05, 3.63) is 23.8 Å². The molecule has 0 saturated carbocycles. The van der Waals surface area contributed by atoms with Crippen molar-refractivity contribution >= 4 is 21.7 Å². The maximum absolute atomic E-state index is 12.4. The number of hydrogen-bond donors (Lipinski definition) is 3. The first-order valence-corrected chi connectivity index (χ1v) is 7.74. The van der Waals surface area contributed by atoms with Crippen LogP contribution in [0.2, 0.25) is 0 Å². The number of sulfonamides is 1. The number of carboxylic acids is 1. The van der Waals surface area contributed by atoms with E-state index in [0.29, 0.717) is 6.42 Å². The van der Waals surface area contributed by atoms with Crippen molar-refractivity contribution < 1.29 is 18.3 Å². The molecule has 0 spiro atoms. The van der Waals surface area contributed by atoms with Gasteiger partial charge in [0.15, 0.2) is 0 Å². The topological polar surface area (TPSA) is 109 Å². The highest BCUT2D eigenvalue weighted by Gasteiger charge is 2.29. The second kappa shape index (κ2) is 5.80. The Morgan fingerprint density at radius 3 is 2.50 bits per heavy atom. The molecular formula is C13H20N2O4S. The Hall–Kier alpha value is -1.60. The summed E-state index contributed by atoms with van der Waals surface area (Å²) in [6.07, 6.45) is 1.44. The summed E-state index contributed by atoms with van der Waals surface area (Å²) in [5, 5.41) is 9.09. The molecule has 1 aromatic rings. The first-order valence-electron chi connectivity index (χ1n) is 6.26. The number of hydrogen-bond acceptors (Lipinski definition) is 4. The Bertz CT molecular complexity index is 609. The standard InChI is InChI=1S/C13H20N2O4S/c1-4-7-13(2,3)15-20(18,19)11-8-9(14)5-6-10(11)12(16)17/h5-6,8,15H,4,7,14H2,1-3H3,(H,16,17). The van der Waals surface area contributed by atoms with Gasteiger partial charge in [-0.25, -0.2) is 17.9 Å². The maximum Gasteiger partial charge on any atom is 0.337 e. The number of benzene rings is 1. The van der Waals surface area contributed by atoms with Crippen molar-refractivity contribution in [2.24, 2.45) is 0 Å². The number of nitrogen functional groups attached to an aromatic ring is 1. The summed E-state index contributed by atoms with van der Waals surface area (Å²) >= 11 is 0. The third-order valence-electron chi connectivity index (χ3n) is 2.81. The van der Waals surface area contributed by atoms with Gasteiger partial charge in [-0.05, 0) is 38.5 Å². The van der Waals surface area contributed by atoms with Crippen LogP contribution in [0.3, 0.4) is 0 Å². The third-order valence-corrected chi connectivity index (χ3v) is 4.55. The van der Waals surface area contributed by atoms with Crippen molar-refractivity contribution in [2.75, 3.05) is 5.73 Å². The highest BCUT2D eigenvalue weighted by Crippen LogP contribution is 2.22. The summed E-state index contributed by atoms with van der Waals surface area (Å²) < 4.78 is 27.3. The molecule has 0 aliphatic carbocycles.